The molecule has 0 aliphatic carbocycles. The number of nitrogens with one attached hydrogen (secondary N) is 1. The highest BCUT2D eigenvalue weighted by Gasteiger charge is 2.10. The monoisotopic (exact) mass is 337 g/mol. The molecule has 1 N–H and O–H groups in total. The highest BCUT2D eigenvalue weighted by Crippen LogP contribution is 2.19. The molecule has 0 saturated carbocycles. The van der Waals surface area contributed by atoms with E-state index in [1.54, 1.807) is 0 Å². The number of hydrogen-bond acceptors (Lipinski definition) is 1. The van der Waals surface area contributed by atoms with Gasteiger partial charge in [0.2, 0.25) is 0 Å². The van der Waals surface area contributed by atoms with Gasteiger partial charge >= 0.3 is 0 Å². The van der Waals surface area contributed by atoms with Crippen molar-refractivity contribution in [3.05, 3.63) is 68.7 Å². The number of hydrogen-bond donors (Lipinski definition) is 1. The lowest BCUT2D eigenvalue weighted by Crippen LogP contribution is -2.23. The minimum atomic E-state index is -0.0752. The summed E-state index contributed by atoms with van der Waals surface area (Å²) in [5.41, 5.74) is 2.64. The average molecular weight is 339 g/mol. The van der Waals surface area contributed by atoms with Crippen molar-refractivity contribution in [3.8, 4) is 0 Å². The molecule has 2 aromatic carbocycles. The van der Waals surface area contributed by atoms with Crippen molar-refractivity contribution in [2.24, 2.45) is 0 Å². The van der Waals surface area contributed by atoms with Crippen LogP contribution >= 0.6 is 27.5 Å². The van der Waals surface area contributed by atoms with Crippen LogP contribution in [0.3, 0.4) is 0 Å². The third-order valence-corrected chi connectivity index (χ3v) is 3.99. The summed E-state index contributed by atoms with van der Waals surface area (Å²) in [5.74, 6) is -0.0752. The van der Waals surface area contributed by atoms with Crippen LogP contribution in [0.25, 0.3) is 0 Å². The second-order valence-electron chi connectivity index (χ2n) is 4.22. The van der Waals surface area contributed by atoms with E-state index in [1.807, 2.05) is 49.4 Å². The molecular weight excluding hydrogens is 326 g/mol. The molecule has 0 bridgehead atoms. The van der Waals surface area contributed by atoms with Gasteiger partial charge in [0.25, 0.3) is 5.91 Å². The molecule has 0 fully saturated rings. The lowest BCUT2D eigenvalue weighted by atomic mass is 10.1. The fourth-order valence-electron chi connectivity index (χ4n) is 1.73. The summed E-state index contributed by atoms with van der Waals surface area (Å²) in [5, 5.41) is 3.59. The first-order chi connectivity index (χ1) is 9.08. The first-order valence-electron chi connectivity index (χ1n) is 5.85. The Labute approximate surface area is 125 Å². The van der Waals surface area contributed by atoms with Crippen LogP contribution < -0.4 is 5.32 Å². The summed E-state index contributed by atoms with van der Waals surface area (Å²) in [4.78, 5) is 12.1. The molecule has 0 atom stereocenters. The first kappa shape index (κ1) is 14.1. The fourth-order valence-corrected chi connectivity index (χ4v) is 2.23. The Kier molecular flexibility index (Phi) is 4.61. The summed E-state index contributed by atoms with van der Waals surface area (Å²) >= 11 is 9.24. The molecule has 98 valence electrons. The highest BCUT2D eigenvalue weighted by molar-refractivity contribution is 9.10. The van der Waals surface area contributed by atoms with Crippen molar-refractivity contribution in [2.75, 3.05) is 0 Å². The van der Waals surface area contributed by atoms with Crippen LogP contribution in [0.2, 0.25) is 5.02 Å². The Bertz CT molecular complexity index is 596. The maximum absolute atomic E-state index is 12.1. The van der Waals surface area contributed by atoms with Gasteiger partial charge in [0.1, 0.15) is 0 Å². The van der Waals surface area contributed by atoms with Crippen molar-refractivity contribution >= 4 is 33.4 Å². The van der Waals surface area contributed by atoms with Gasteiger partial charge in [0.05, 0.1) is 0 Å². The van der Waals surface area contributed by atoms with Gasteiger partial charge < -0.3 is 5.32 Å². The number of halogens is 2. The topological polar surface area (TPSA) is 29.1 Å². The van der Waals surface area contributed by atoms with E-state index in [9.17, 15) is 4.79 Å². The molecule has 0 spiro atoms. The van der Waals surface area contributed by atoms with Crippen molar-refractivity contribution in [1.29, 1.82) is 0 Å². The third kappa shape index (κ3) is 3.58. The smallest absolute Gasteiger partial charge is 0.251 e. The largest absolute Gasteiger partial charge is 0.348 e. The van der Waals surface area contributed by atoms with Gasteiger partial charge in [-0.3, -0.25) is 4.79 Å². The number of benzene rings is 2. The normalized spacial score (nSPS) is 10.3. The van der Waals surface area contributed by atoms with Gasteiger partial charge in [-0.15, -0.1) is 0 Å². The molecule has 0 unspecified atom stereocenters. The molecule has 4 heteroatoms. The molecule has 0 heterocycles. The van der Waals surface area contributed by atoms with E-state index in [1.165, 1.54) is 0 Å². The zero-order valence-corrected chi connectivity index (χ0v) is 12.8. The van der Waals surface area contributed by atoms with Gasteiger partial charge in [0, 0.05) is 21.6 Å². The fraction of sp³-hybridized carbons (Fsp3) is 0.133. The molecule has 2 nitrogen and oxygen atoms in total. The highest BCUT2D eigenvalue weighted by atomic mass is 79.9. The van der Waals surface area contributed by atoms with Gasteiger partial charge in [-0.2, -0.15) is 0 Å². The van der Waals surface area contributed by atoms with Crippen LogP contribution in [0.5, 0.6) is 0 Å². The van der Waals surface area contributed by atoms with Crippen LogP contribution in [0.4, 0.5) is 0 Å². The van der Waals surface area contributed by atoms with Crippen molar-refractivity contribution in [1.82, 2.24) is 5.32 Å². The van der Waals surface area contributed by atoms with E-state index in [0.717, 1.165) is 15.6 Å². The maximum Gasteiger partial charge on any atom is 0.251 e. The Hall–Kier alpha value is -1.32. The second kappa shape index (κ2) is 6.22. The second-order valence-corrected chi connectivity index (χ2v) is 5.51. The molecular formula is C15H13BrClNO. The molecule has 19 heavy (non-hydrogen) atoms. The quantitative estimate of drug-likeness (QED) is 0.886. The molecule has 0 aliphatic heterocycles. The Morgan fingerprint density at radius 2 is 1.89 bits per heavy atom. The minimum Gasteiger partial charge on any atom is -0.348 e. The van der Waals surface area contributed by atoms with E-state index in [4.69, 9.17) is 11.6 Å². The van der Waals surface area contributed by atoms with Gasteiger partial charge in [-0.05, 0) is 42.3 Å². The Balaban J connectivity index is 2.05. The van der Waals surface area contributed by atoms with Crippen LogP contribution in [0.1, 0.15) is 21.5 Å². The Morgan fingerprint density at radius 3 is 2.58 bits per heavy atom. The number of carbonyl (C=O) groups excluding carboxylic acids is 1. The predicted molar refractivity (Wildman–Crippen MR) is 81.5 cm³/mol. The molecule has 0 radical (unpaired) electrons. The number of amides is 1. The zero-order chi connectivity index (χ0) is 13.8. The van der Waals surface area contributed by atoms with E-state index in [0.29, 0.717) is 17.1 Å². The van der Waals surface area contributed by atoms with Crippen molar-refractivity contribution < 1.29 is 4.79 Å². The van der Waals surface area contributed by atoms with Gasteiger partial charge in [-0.25, -0.2) is 0 Å². The van der Waals surface area contributed by atoms with Crippen LogP contribution in [-0.2, 0) is 6.54 Å². The third-order valence-electron chi connectivity index (χ3n) is 2.88. The van der Waals surface area contributed by atoms with Crippen molar-refractivity contribution in [2.45, 2.75) is 13.5 Å². The molecule has 1 amide bonds. The van der Waals surface area contributed by atoms with Gasteiger partial charge in [0.15, 0.2) is 0 Å². The lowest BCUT2D eigenvalue weighted by Gasteiger charge is -2.09. The summed E-state index contributed by atoms with van der Waals surface area (Å²) in [6.45, 7) is 2.41. The van der Waals surface area contributed by atoms with E-state index < -0.39 is 0 Å². The van der Waals surface area contributed by atoms with E-state index in [2.05, 4.69) is 21.2 Å². The SMILES string of the molecule is Cc1c(Br)cccc1C(=O)NCc1ccc(Cl)cc1. The van der Waals surface area contributed by atoms with E-state index >= 15 is 0 Å². The molecule has 0 aliphatic rings. The molecule has 2 rings (SSSR count). The standard InChI is InChI=1S/C15H13BrClNO/c1-10-13(3-2-4-14(10)16)15(19)18-9-11-5-7-12(17)8-6-11/h2-8H,9H2,1H3,(H,18,19). The number of carbonyl (C=O) groups is 1. The molecule has 0 saturated heterocycles. The predicted octanol–water partition coefficient (Wildman–Crippen LogP) is 4.34. The first-order valence-corrected chi connectivity index (χ1v) is 7.03. The van der Waals surface area contributed by atoms with Crippen LogP contribution in [0, 0.1) is 6.92 Å². The van der Waals surface area contributed by atoms with Crippen molar-refractivity contribution in [3.63, 3.8) is 0 Å². The molecule has 2 aromatic rings. The minimum absolute atomic E-state index is 0.0752. The van der Waals surface area contributed by atoms with E-state index in [-0.39, 0.29) is 5.91 Å². The van der Waals surface area contributed by atoms with Crippen LogP contribution in [-0.4, -0.2) is 5.91 Å². The average Bonchev–Trinajstić information content (AvgIpc) is 2.41. The zero-order valence-electron chi connectivity index (χ0n) is 10.4. The van der Waals surface area contributed by atoms with Crippen LogP contribution in [0.15, 0.2) is 46.9 Å². The summed E-state index contributed by atoms with van der Waals surface area (Å²) in [6, 6.07) is 13.0. The summed E-state index contributed by atoms with van der Waals surface area (Å²) in [7, 11) is 0. The van der Waals surface area contributed by atoms with Gasteiger partial charge in [-0.1, -0.05) is 45.7 Å². The molecule has 0 aromatic heterocycles. The summed E-state index contributed by atoms with van der Waals surface area (Å²) in [6.07, 6.45) is 0. The maximum atomic E-state index is 12.1. The Morgan fingerprint density at radius 1 is 1.21 bits per heavy atom. The number of rotatable bonds is 3. The lowest BCUT2D eigenvalue weighted by molar-refractivity contribution is 0.0950. The summed E-state index contributed by atoms with van der Waals surface area (Å²) < 4.78 is 0.937.